The summed E-state index contributed by atoms with van der Waals surface area (Å²) in [7, 11) is 0. The Balaban J connectivity index is 0.000000838. The number of rotatable bonds is 31. The van der Waals surface area contributed by atoms with Gasteiger partial charge in [-0.15, -0.1) is 40.8 Å². The van der Waals surface area contributed by atoms with Gasteiger partial charge in [0.05, 0.1) is 0 Å². The maximum Gasteiger partial charge on any atom is 2.00 e. The van der Waals surface area contributed by atoms with E-state index in [9.17, 15) is 22.8 Å². The van der Waals surface area contributed by atoms with Crippen LogP contribution in [-0.2, 0) is 174 Å². The summed E-state index contributed by atoms with van der Waals surface area (Å²) in [6.45, 7) is 21.6. The van der Waals surface area contributed by atoms with E-state index in [0.29, 0.717) is 140 Å². The summed E-state index contributed by atoms with van der Waals surface area (Å²) in [6, 6.07) is 67.3. The standard InChI is InChI=1S/C22H24F3N5S2.C22H27N7OS2.C21H24N6OS2.C21H26N6S2.4Cu/c1-3-7-18(31)27-28-19(16-8-5-4-6-9-16)20(17-12-10-15(2)11-13-17)29-30-21(32)26-14-22(23,24)25;1-4-23-21(31)28-26-19(16-9-7-6-8-10-16)20(27-29-22(32)24-5-2)17-11-13-18(14-12-17)25-15(3)30;1-3-22-20(29)26-24-18(16-8-6-5-7-9-16)19(25-27-21(30)23-4-2)17-12-10-15(14-28)11-13-17;1-4-22-20(28)26-24-18(16-9-7-6-8-10-16)19(25-27-21(29)23-5-2)17-13-11-15(3)12-14-17;;;;/h4-6,8-13H,3,7,14H2,1-2H3,(H,27,31)(H2,26,30,32);6-14H,4-5H2,1-3H3,(H,25,30)(H2,23,28,31)(H2,24,29,32);5-14H,3-4H2,1-2H3,(H2,22,26,29)(H2,23,27,30);6-14H,4-5H2,1-3H3,(H2,22,26,28)(H2,23,27,29);;;;/q;;;;4*+2/p-8. The number of hydrogen-bond donors (Lipinski definition) is 8. The van der Waals surface area contributed by atoms with Crippen LogP contribution in [0.25, 0.3) is 0 Å². The van der Waals surface area contributed by atoms with Crippen LogP contribution in [0.15, 0.2) is 300 Å². The van der Waals surface area contributed by atoms with E-state index in [1.807, 2.05) is 250 Å². The van der Waals surface area contributed by atoms with Gasteiger partial charge in [-0.2, -0.15) is 54.0 Å². The summed E-state index contributed by atoms with van der Waals surface area (Å²) in [5.74, 6) is -0.153. The molecule has 0 heterocycles. The number of amidine groups is 7. The predicted octanol–water partition coefficient (Wildman–Crippen LogP) is 13.4. The monoisotopic (exact) mass is 2060 g/mol. The Morgan fingerprint density at radius 2 is 0.520 bits per heavy atom. The van der Waals surface area contributed by atoms with Gasteiger partial charge in [-0.25, -0.2) is 0 Å². The molecule has 0 spiro atoms. The van der Waals surface area contributed by atoms with Crippen molar-refractivity contribution in [2.45, 2.75) is 88.3 Å². The average Bonchev–Trinajstić information content (AvgIpc) is 0.834. The number of nitrogens with zero attached hydrogens (tertiary/aromatic N) is 16. The molecule has 8 aromatic rings. The van der Waals surface area contributed by atoms with Gasteiger partial charge in [0.25, 0.3) is 0 Å². The van der Waals surface area contributed by atoms with Gasteiger partial charge in [0.15, 0.2) is 0 Å². The Bertz CT molecular complexity index is 5190. The zero-order chi connectivity index (χ0) is 89.7. The molecule has 8 rings (SSSR count). The average molecular weight is 2060 g/mol. The molecule has 127 heavy (non-hydrogen) atoms. The van der Waals surface area contributed by atoms with Crippen LogP contribution in [0.3, 0.4) is 0 Å². The Labute approximate surface area is 827 Å². The Morgan fingerprint density at radius 1 is 0.307 bits per heavy atom. The van der Waals surface area contributed by atoms with Gasteiger partial charge in [0, 0.05) is 102 Å². The Hall–Kier alpha value is -10.2. The van der Waals surface area contributed by atoms with E-state index in [4.69, 9.17) is 101 Å². The van der Waals surface area contributed by atoms with Gasteiger partial charge in [-0.1, -0.05) is 236 Å². The van der Waals surface area contributed by atoms with Crippen molar-refractivity contribution >= 4 is 206 Å². The number of aryl methyl sites for hydroxylation is 2. The van der Waals surface area contributed by atoms with Gasteiger partial charge >= 0.3 is 74.5 Å². The number of halogens is 3. The summed E-state index contributed by atoms with van der Waals surface area (Å²) < 4.78 is 37.4. The van der Waals surface area contributed by atoms with Gasteiger partial charge in [0.2, 0.25) is 5.91 Å². The number of carbonyl (C=O) groups excluding carboxylic acids is 2. The summed E-state index contributed by atoms with van der Waals surface area (Å²) in [4.78, 5) is 22.4. The summed E-state index contributed by atoms with van der Waals surface area (Å²) in [5.41, 5.74) is 13.0. The molecule has 0 fully saturated rings. The molecule has 41 heteroatoms. The first-order chi connectivity index (χ1) is 59.3. The number of hydrogen-bond acceptors (Lipinski definition) is 26. The minimum Gasteiger partial charge on any atom is -0.763 e. The minimum atomic E-state index is -4.42. The first-order valence-corrected chi connectivity index (χ1v) is 41.7. The number of benzene rings is 8. The summed E-state index contributed by atoms with van der Waals surface area (Å²) in [5, 5.41) is 91.8. The van der Waals surface area contributed by atoms with Crippen molar-refractivity contribution in [3.8, 4) is 0 Å². The molecule has 0 unspecified atom stereocenters. The number of amides is 1. The largest absolute Gasteiger partial charge is 2.00 e. The molecule has 0 aromatic heterocycles. The zero-order valence-corrected chi connectivity index (χ0v) is 80.6. The fourth-order valence-corrected chi connectivity index (χ4v) is 11.2. The van der Waals surface area contributed by atoms with Crippen LogP contribution < -0.4 is 42.5 Å². The molecular formula is C86H93Cu4F3N24O2S8. The molecular weight excluding hydrogens is 1970 g/mol. The molecule has 0 aliphatic heterocycles. The van der Waals surface area contributed by atoms with Crippen molar-refractivity contribution in [3.05, 3.63) is 280 Å². The molecule has 0 aliphatic rings. The second-order valence-electron chi connectivity index (χ2n) is 25.0. The van der Waals surface area contributed by atoms with Gasteiger partial charge < -0.3 is 144 Å². The predicted molar refractivity (Wildman–Crippen MR) is 522 cm³/mol. The summed E-state index contributed by atoms with van der Waals surface area (Å²) in [6.07, 6.45) is -2.21. The third kappa shape index (κ3) is 44.9. The second-order valence-corrected chi connectivity index (χ2v) is 28.2. The van der Waals surface area contributed by atoms with E-state index in [0.717, 1.165) is 46.1 Å². The SMILES string of the molecule is CCCC([S-])=NN=C(C(=NN=C([S-])NCC(F)(F)F)c1ccc(C)cc1)c1ccccc1.CCNC([S-])=NN=C(C(=NN=C([S-])NCC)c1ccc(C)cc1)c1ccccc1.CCNC([S-])=NN=C(C(=NN=C([S-])NCC)c1ccc(C=O)cc1)c1ccccc1.CCNC([S-])=NN=C(C(=NN=C([S-])NCC)c1ccc(NC(C)=O)cc1)c1ccccc1.[Cu+2].[Cu+2].[Cu+2].[Cu+2]. The Morgan fingerprint density at radius 3 is 0.732 bits per heavy atom. The fourth-order valence-electron chi connectivity index (χ4n) is 9.74. The second kappa shape index (κ2) is 65.4. The van der Waals surface area contributed by atoms with Crippen molar-refractivity contribution in [1.82, 2.24) is 37.2 Å². The van der Waals surface area contributed by atoms with Crippen LogP contribution in [0.4, 0.5) is 18.9 Å². The van der Waals surface area contributed by atoms with E-state index >= 15 is 0 Å². The zero-order valence-electron chi connectivity index (χ0n) is 70.3. The molecule has 0 aliphatic carbocycles. The van der Waals surface area contributed by atoms with E-state index in [-0.39, 0.29) is 94.9 Å². The molecule has 8 aromatic carbocycles. The van der Waals surface area contributed by atoms with Gasteiger partial charge in [-0.3, -0.25) is 9.59 Å². The molecule has 26 nitrogen and oxygen atoms in total. The van der Waals surface area contributed by atoms with Crippen molar-refractivity contribution in [1.29, 1.82) is 0 Å². The topological polar surface area (TPSA) is 328 Å². The number of alkyl halides is 3. The van der Waals surface area contributed by atoms with E-state index in [2.05, 4.69) is 119 Å². The number of anilines is 1. The van der Waals surface area contributed by atoms with Gasteiger partial charge in [-0.05, 0) is 110 Å². The van der Waals surface area contributed by atoms with Crippen molar-refractivity contribution < 1.29 is 91.0 Å². The van der Waals surface area contributed by atoms with Crippen LogP contribution in [-0.4, -0.2) is 151 Å². The first-order valence-electron chi connectivity index (χ1n) is 38.4. The van der Waals surface area contributed by atoms with Gasteiger partial charge in [0.1, 0.15) is 58.5 Å². The third-order valence-electron chi connectivity index (χ3n) is 15.4. The number of aldehydes is 1. The first kappa shape index (κ1) is 115. The normalized spacial score (nSPS) is 12.9. The maximum atomic E-state index is 12.5. The maximum absolute atomic E-state index is 12.5. The van der Waals surface area contributed by atoms with Crippen molar-refractivity contribution in [3.63, 3.8) is 0 Å². The Kier molecular flexibility index (Phi) is 59.2. The third-order valence-corrected chi connectivity index (χ3v) is 17.2. The van der Waals surface area contributed by atoms with Crippen LogP contribution in [0, 0.1) is 13.8 Å². The molecule has 682 valence electrons. The molecule has 0 bridgehead atoms. The minimum absolute atomic E-state index is 0. The number of carbonyl (C=O) groups is 2. The van der Waals surface area contributed by atoms with Crippen molar-refractivity contribution in [2.24, 2.45) is 81.6 Å². The summed E-state index contributed by atoms with van der Waals surface area (Å²) >= 11 is 41.3. The smallest absolute Gasteiger partial charge is 0.763 e. The fraction of sp³-hybridized carbons (Fsp3) is 0.233. The molecule has 0 atom stereocenters. The quantitative estimate of drug-likeness (QED) is 0.00500. The molecule has 0 saturated heterocycles. The van der Waals surface area contributed by atoms with E-state index < -0.39 is 17.9 Å². The van der Waals surface area contributed by atoms with Crippen LogP contribution in [0.2, 0.25) is 0 Å². The molecule has 8 N–H and O–H groups in total. The number of nitrogens with one attached hydrogen (secondary N) is 8. The molecule has 4 radical (unpaired) electrons. The van der Waals surface area contributed by atoms with Crippen LogP contribution in [0.1, 0.15) is 134 Å². The van der Waals surface area contributed by atoms with E-state index in [1.165, 1.54) is 6.92 Å². The van der Waals surface area contributed by atoms with Crippen LogP contribution >= 0.6 is 0 Å². The van der Waals surface area contributed by atoms with Crippen LogP contribution in [0.5, 0.6) is 0 Å². The molecule has 1 amide bonds. The molecule has 0 saturated carbocycles. The van der Waals surface area contributed by atoms with Crippen molar-refractivity contribution in [2.75, 3.05) is 51.1 Å². The van der Waals surface area contributed by atoms with E-state index in [1.54, 1.807) is 36.4 Å².